The maximum atomic E-state index is 8.35. The van der Waals surface area contributed by atoms with E-state index in [9.17, 15) is 0 Å². The Morgan fingerprint density at radius 2 is 1.76 bits per heavy atom. The van der Waals surface area contributed by atoms with Gasteiger partial charge in [-0.3, -0.25) is 0 Å². The second kappa shape index (κ2) is 9.44. The van der Waals surface area contributed by atoms with E-state index >= 15 is 0 Å². The molecule has 0 aromatic rings. The number of allylic oxidation sites excluding steroid dienone is 1. The molecule has 0 aliphatic carbocycles. The molecule has 1 atom stereocenters. The molecule has 0 bridgehead atoms. The molecule has 0 saturated heterocycles. The third-order valence-corrected chi connectivity index (χ3v) is 3.84. The molecule has 0 amide bonds. The van der Waals surface area contributed by atoms with E-state index in [1.165, 1.54) is 12.8 Å². The summed E-state index contributed by atoms with van der Waals surface area (Å²) >= 11 is 5.77. The van der Waals surface area contributed by atoms with Crippen LogP contribution in [0.5, 0.6) is 0 Å². The number of hydrogen-bond acceptors (Lipinski definition) is 2. The van der Waals surface area contributed by atoms with Crippen LogP contribution in [0.4, 0.5) is 0 Å². The Kier molecular flexibility index (Phi) is 10.4. The van der Waals surface area contributed by atoms with Crippen LogP contribution in [0.25, 0.3) is 0 Å². The molecule has 0 aliphatic heterocycles. The first kappa shape index (κ1) is 18.8. The molecular weight excluding hydrogens is 234 g/mol. The van der Waals surface area contributed by atoms with Crippen molar-refractivity contribution in [3.63, 3.8) is 0 Å². The summed E-state index contributed by atoms with van der Waals surface area (Å²) in [4.78, 5) is 8.35. The number of rotatable bonds is 6. The molecule has 0 aromatic carbocycles. The largest absolute Gasteiger partial charge is 0.231 e. The fourth-order valence-corrected chi connectivity index (χ4v) is 1.89. The summed E-state index contributed by atoms with van der Waals surface area (Å²) in [7, 11) is 0. The van der Waals surface area contributed by atoms with Crippen LogP contribution in [0.3, 0.4) is 0 Å². The second-order valence-corrected chi connectivity index (χ2v) is 5.91. The highest BCUT2D eigenvalue weighted by Crippen LogP contribution is 2.45. The van der Waals surface area contributed by atoms with Crippen LogP contribution in [0.1, 0.15) is 53.4 Å². The minimum atomic E-state index is 0.349. The number of hydrogen-bond donors (Lipinski definition) is 1. The van der Waals surface area contributed by atoms with Crippen molar-refractivity contribution in [1.29, 1.82) is 5.41 Å². The van der Waals surface area contributed by atoms with Gasteiger partial charge in [0.1, 0.15) is 0 Å². The summed E-state index contributed by atoms with van der Waals surface area (Å²) in [6.07, 6.45) is 7.43. The molecule has 3 heteroatoms. The third kappa shape index (κ3) is 8.18. The molecule has 100 valence electrons. The van der Waals surface area contributed by atoms with E-state index in [0.717, 1.165) is 24.8 Å². The Morgan fingerprint density at radius 1 is 1.29 bits per heavy atom. The van der Waals surface area contributed by atoms with E-state index in [0.29, 0.717) is 10.8 Å². The van der Waals surface area contributed by atoms with Crippen molar-refractivity contribution in [2.45, 2.75) is 53.4 Å². The molecule has 0 fully saturated rings. The van der Waals surface area contributed by atoms with Crippen molar-refractivity contribution in [1.82, 2.24) is 0 Å². The zero-order valence-corrected chi connectivity index (χ0v) is 12.4. The number of nitrogens with one attached hydrogen (secondary N) is 1. The van der Waals surface area contributed by atoms with E-state index in [4.69, 9.17) is 21.8 Å². The van der Waals surface area contributed by atoms with Gasteiger partial charge in [0.2, 0.25) is 6.08 Å². The minimum absolute atomic E-state index is 0.349. The van der Waals surface area contributed by atoms with Gasteiger partial charge in [0.25, 0.3) is 0 Å². The average Bonchev–Trinajstić information content (AvgIpc) is 2.23. The monoisotopic (exact) mass is 259 g/mol. The zero-order valence-electron chi connectivity index (χ0n) is 11.6. The van der Waals surface area contributed by atoms with E-state index in [1.807, 2.05) is 6.08 Å². The topological polar surface area (TPSA) is 40.9 Å². The van der Waals surface area contributed by atoms with Gasteiger partial charge in [0.05, 0.1) is 0 Å². The lowest BCUT2D eigenvalue weighted by atomic mass is 9.63. The second-order valence-electron chi connectivity index (χ2n) is 5.53. The van der Waals surface area contributed by atoms with Gasteiger partial charge in [-0.1, -0.05) is 33.8 Å². The predicted octanol–water partition coefficient (Wildman–Crippen LogP) is 4.92. The maximum absolute atomic E-state index is 8.35. The van der Waals surface area contributed by atoms with Crippen LogP contribution in [0.15, 0.2) is 12.7 Å². The Morgan fingerprint density at radius 3 is 2.06 bits per heavy atom. The van der Waals surface area contributed by atoms with Crippen molar-refractivity contribution in [3.8, 4) is 0 Å². The summed E-state index contributed by atoms with van der Waals surface area (Å²) in [5.41, 5.74) is 0.734. The number of halogens is 1. The molecule has 0 spiro atoms. The summed E-state index contributed by atoms with van der Waals surface area (Å²) in [6, 6.07) is 0. The van der Waals surface area contributed by atoms with E-state index in [-0.39, 0.29) is 0 Å². The lowest BCUT2D eigenvalue weighted by Crippen LogP contribution is -2.32. The van der Waals surface area contributed by atoms with E-state index in [2.05, 4.69) is 34.3 Å². The fourth-order valence-electron chi connectivity index (χ4n) is 1.75. The van der Waals surface area contributed by atoms with Crippen LogP contribution in [0.2, 0.25) is 0 Å². The van der Waals surface area contributed by atoms with Crippen LogP contribution >= 0.6 is 11.6 Å². The number of carbonyl (C=O) groups excluding carboxylic acids is 1. The lowest BCUT2D eigenvalue weighted by Gasteiger charge is -2.42. The molecule has 0 aliphatic rings. The van der Waals surface area contributed by atoms with Gasteiger partial charge in [-0.2, -0.15) is 0 Å². The molecule has 0 radical (unpaired) electrons. The summed E-state index contributed by atoms with van der Waals surface area (Å²) in [6.45, 7) is 13.1. The third-order valence-electron chi connectivity index (χ3n) is 3.57. The fraction of sp³-hybridized carbons (Fsp3) is 0.786. The first-order chi connectivity index (χ1) is 7.79. The quantitative estimate of drug-likeness (QED) is 0.313. The van der Waals surface area contributed by atoms with Gasteiger partial charge >= 0.3 is 0 Å². The molecule has 17 heavy (non-hydrogen) atoms. The molecule has 1 N–H and O–H groups in total. The molecule has 1 unspecified atom stereocenters. The Bertz CT molecular complexity index is 239. The minimum Gasteiger partial charge on any atom is -0.222 e. The van der Waals surface area contributed by atoms with Gasteiger partial charge in [0, 0.05) is 5.88 Å². The SMILES string of the molecule is C=CCCC(C)(CCCCl)C(C)(C)C.N=C=O. The van der Waals surface area contributed by atoms with Gasteiger partial charge in [-0.05, 0) is 36.5 Å². The van der Waals surface area contributed by atoms with E-state index in [1.54, 1.807) is 0 Å². The Labute approximate surface area is 111 Å². The predicted molar refractivity (Wildman–Crippen MR) is 75.4 cm³/mol. The summed E-state index contributed by atoms with van der Waals surface area (Å²) in [5.74, 6) is 0.778. The van der Waals surface area contributed by atoms with Crippen LogP contribution in [0, 0.1) is 16.2 Å². The highest BCUT2D eigenvalue weighted by molar-refractivity contribution is 6.17. The number of alkyl halides is 1. The molecule has 0 saturated carbocycles. The van der Waals surface area contributed by atoms with Gasteiger partial charge in [0.15, 0.2) is 0 Å². The standard InChI is InChI=1S/C13H25Cl.CHNO/c1-6-7-9-13(5,10-8-11-14)12(2,3)4;2-1-3/h6H,1,7-11H2,2-5H3;2H. The molecule has 0 rings (SSSR count). The molecular formula is C14H26ClNO. The van der Waals surface area contributed by atoms with Gasteiger partial charge in [-0.15, -0.1) is 18.2 Å². The van der Waals surface area contributed by atoms with Crippen molar-refractivity contribution in [2.24, 2.45) is 10.8 Å². The average molecular weight is 260 g/mol. The summed E-state index contributed by atoms with van der Waals surface area (Å²) in [5, 5.41) is 5.40. The van der Waals surface area contributed by atoms with Crippen LogP contribution in [-0.4, -0.2) is 12.0 Å². The van der Waals surface area contributed by atoms with Crippen LogP contribution in [-0.2, 0) is 4.79 Å². The maximum Gasteiger partial charge on any atom is 0.231 e. The molecule has 0 aromatic heterocycles. The van der Waals surface area contributed by atoms with Crippen LogP contribution < -0.4 is 0 Å². The highest BCUT2D eigenvalue weighted by atomic mass is 35.5. The number of isocyanates is 1. The van der Waals surface area contributed by atoms with E-state index < -0.39 is 0 Å². The first-order valence-electron chi connectivity index (χ1n) is 5.99. The smallest absolute Gasteiger partial charge is 0.222 e. The highest BCUT2D eigenvalue weighted by Gasteiger charge is 2.35. The molecule has 0 heterocycles. The summed E-state index contributed by atoms with van der Waals surface area (Å²) < 4.78 is 0. The van der Waals surface area contributed by atoms with Crippen molar-refractivity contribution < 1.29 is 4.79 Å². The van der Waals surface area contributed by atoms with Crippen molar-refractivity contribution in [3.05, 3.63) is 12.7 Å². The lowest BCUT2D eigenvalue weighted by molar-refractivity contribution is 0.0854. The van der Waals surface area contributed by atoms with Gasteiger partial charge in [-0.25, -0.2) is 10.2 Å². The molecule has 2 nitrogen and oxygen atoms in total. The first-order valence-corrected chi connectivity index (χ1v) is 6.53. The Hall–Kier alpha value is -0.590. The zero-order chi connectivity index (χ0) is 13.9. The Balaban J connectivity index is 0. The van der Waals surface area contributed by atoms with Gasteiger partial charge < -0.3 is 0 Å². The van der Waals surface area contributed by atoms with Crippen molar-refractivity contribution >= 4 is 17.7 Å². The van der Waals surface area contributed by atoms with Crippen molar-refractivity contribution in [2.75, 3.05) is 5.88 Å². The normalized spacial score (nSPS) is 13.9.